The fourth-order valence-corrected chi connectivity index (χ4v) is 6.30. The van der Waals surface area contributed by atoms with E-state index in [4.69, 9.17) is 4.74 Å². The summed E-state index contributed by atoms with van der Waals surface area (Å²) >= 11 is 3.14. The second-order valence-corrected chi connectivity index (χ2v) is 12.1. The number of esters is 1. The van der Waals surface area contributed by atoms with Crippen LogP contribution < -0.4 is 0 Å². The van der Waals surface area contributed by atoms with Gasteiger partial charge in [0.25, 0.3) is 5.69 Å². The third kappa shape index (κ3) is 8.94. The molecule has 228 valence electrons. The van der Waals surface area contributed by atoms with E-state index in [0.717, 1.165) is 15.3 Å². The maximum atomic E-state index is 13.8. The summed E-state index contributed by atoms with van der Waals surface area (Å²) in [5, 5.41) is 14.9. The average Bonchev–Trinajstić information content (AvgIpc) is 3.71. The van der Waals surface area contributed by atoms with Crippen LogP contribution in [0.3, 0.4) is 0 Å². The first kappa shape index (κ1) is 31.8. The van der Waals surface area contributed by atoms with Crippen molar-refractivity contribution in [2.75, 3.05) is 39.3 Å². The monoisotopic (exact) mass is 626 g/mol. The molecule has 13 heteroatoms. The highest BCUT2D eigenvalue weighted by atomic mass is 32.1. The van der Waals surface area contributed by atoms with Gasteiger partial charge in [-0.3, -0.25) is 29.3 Å². The summed E-state index contributed by atoms with van der Waals surface area (Å²) in [4.78, 5) is 70.3. The molecule has 11 nitrogen and oxygen atoms in total. The number of hydrogen-bond acceptors (Lipinski definition) is 9. The first-order chi connectivity index (χ1) is 20.7. The first-order valence-corrected chi connectivity index (χ1v) is 15.8. The molecular formula is C30H34N4O7S2. The van der Waals surface area contributed by atoms with Gasteiger partial charge in [-0.05, 0) is 54.6 Å². The van der Waals surface area contributed by atoms with E-state index in [-0.39, 0.29) is 50.2 Å². The van der Waals surface area contributed by atoms with Crippen LogP contribution in [0.25, 0.3) is 0 Å². The van der Waals surface area contributed by atoms with E-state index in [2.05, 4.69) is 0 Å². The van der Waals surface area contributed by atoms with Crippen LogP contribution in [0.1, 0.15) is 28.7 Å². The van der Waals surface area contributed by atoms with Crippen molar-refractivity contribution in [3.8, 4) is 0 Å². The zero-order valence-corrected chi connectivity index (χ0v) is 25.5. The minimum absolute atomic E-state index is 0.0463. The standard InChI is InChI=1S/C30H34N4O7S2/c1-2-41-29(37)21-31(14-11-22-7-9-23(10-8-22)34(39)40)27(35)19-26-30(38)32(15-12-24-5-3-17-42-24)20-28(36)33(26)16-13-25-6-4-18-43-25/h3-10,17-18,26H,2,11-16,19-21H2,1H3. The predicted octanol–water partition coefficient (Wildman–Crippen LogP) is 3.57. The van der Waals surface area contributed by atoms with Crippen molar-refractivity contribution in [1.29, 1.82) is 0 Å². The fourth-order valence-electron chi connectivity index (χ4n) is 4.90. The molecular weight excluding hydrogens is 592 g/mol. The summed E-state index contributed by atoms with van der Waals surface area (Å²) in [6.45, 7) is 2.24. The highest BCUT2D eigenvalue weighted by Crippen LogP contribution is 2.21. The number of thiophene rings is 2. The number of rotatable bonds is 15. The summed E-state index contributed by atoms with van der Waals surface area (Å²) in [5.74, 6) is -1.55. The topological polar surface area (TPSA) is 130 Å². The molecule has 4 rings (SSSR count). The van der Waals surface area contributed by atoms with Crippen molar-refractivity contribution in [1.82, 2.24) is 14.7 Å². The van der Waals surface area contributed by atoms with Crippen molar-refractivity contribution in [3.63, 3.8) is 0 Å². The van der Waals surface area contributed by atoms with Crippen molar-refractivity contribution in [2.45, 2.75) is 38.6 Å². The molecule has 0 aliphatic carbocycles. The highest BCUT2D eigenvalue weighted by Gasteiger charge is 2.41. The van der Waals surface area contributed by atoms with Crippen LogP contribution in [0, 0.1) is 10.1 Å². The number of piperazine rings is 1. The number of carbonyl (C=O) groups is 4. The van der Waals surface area contributed by atoms with Gasteiger partial charge in [0.2, 0.25) is 17.7 Å². The van der Waals surface area contributed by atoms with Gasteiger partial charge in [0.15, 0.2) is 0 Å². The molecule has 43 heavy (non-hydrogen) atoms. The van der Waals surface area contributed by atoms with E-state index < -0.39 is 22.8 Å². The Balaban J connectivity index is 1.51. The van der Waals surface area contributed by atoms with E-state index in [1.54, 1.807) is 41.7 Å². The van der Waals surface area contributed by atoms with E-state index in [1.165, 1.54) is 26.8 Å². The lowest BCUT2D eigenvalue weighted by Gasteiger charge is -2.40. The molecule has 3 aromatic rings. The number of ether oxygens (including phenoxy) is 1. The Bertz CT molecular complexity index is 1390. The summed E-state index contributed by atoms with van der Waals surface area (Å²) in [5.41, 5.74) is 0.698. The summed E-state index contributed by atoms with van der Waals surface area (Å²) < 4.78 is 5.08. The Kier molecular flexibility index (Phi) is 11.4. The summed E-state index contributed by atoms with van der Waals surface area (Å²) in [6, 6.07) is 12.8. The van der Waals surface area contributed by atoms with E-state index >= 15 is 0 Å². The van der Waals surface area contributed by atoms with Gasteiger partial charge >= 0.3 is 5.97 Å². The summed E-state index contributed by atoms with van der Waals surface area (Å²) in [6.07, 6.45) is 1.22. The van der Waals surface area contributed by atoms with Crippen LogP contribution in [0.4, 0.5) is 5.69 Å². The first-order valence-electron chi connectivity index (χ1n) is 14.0. The molecule has 0 saturated carbocycles. The van der Waals surface area contributed by atoms with Crippen LogP contribution in [0.5, 0.6) is 0 Å². The second-order valence-electron chi connectivity index (χ2n) is 10.0. The van der Waals surface area contributed by atoms with Gasteiger partial charge in [0, 0.05) is 41.5 Å². The minimum Gasteiger partial charge on any atom is -0.465 e. The molecule has 1 saturated heterocycles. The minimum atomic E-state index is -0.999. The predicted molar refractivity (Wildman–Crippen MR) is 163 cm³/mol. The van der Waals surface area contributed by atoms with Crippen LogP contribution in [0.2, 0.25) is 0 Å². The number of hydrogen-bond donors (Lipinski definition) is 0. The van der Waals surface area contributed by atoms with Crippen molar-refractivity contribution < 1.29 is 28.8 Å². The van der Waals surface area contributed by atoms with E-state index in [1.807, 2.05) is 35.0 Å². The molecule has 0 bridgehead atoms. The molecule has 1 aromatic carbocycles. The Morgan fingerprint density at radius 1 is 1.00 bits per heavy atom. The van der Waals surface area contributed by atoms with Gasteiger partial charge in [0.05, 0.1) is 24.5 Å². The Morgan fingerprint density at radius 2 is 1.65 bits per heavy atom. The zero-order valence-electron chi connectivity index (χ0n) is 23.9. The normalized spacial score (nSPS) is 15.0. The lowest BCUT2D eigenvalue weighted by Crippen LogP contribution is -2.61. The quantitative estimate of drug-likeness (QED) is 0.143. The van der Waals surface area contributed by atoms with Crippen LogP contribution >= 0.6 is 22.7 Å². The lowest BCUT2D eigenvalue weighted by atomic mass is 10.0. The fraction of sp³-hybridized carbons (Fsp3) is 0.400. The largest absolute Gasteiger partial charge is 0.465 e. The Labute approximate surface area is 257 Å². The summed E-state index contributed by atoms with van der Waals surface area (Å²) in [7, 11) is 0. The van der Waals surface area contributed by atoms with Gasteiger partial charge in [-0.15, -0.1) is 22.7 Å². The van der Waals surface area contributed by atoms with Crippen LogP contribution in [0.15, 0.2) is 59.3 Å². The molecule has 2 aromatic heterocycles. The molecule has 0 N–H and O–H groups in total. The molecule has 1 aliphatic rings. The van der Waals surface area contributed by atoms with Gasteiger partial charge in [0.1, 0.15) is 12.6 Å². The number of nitro benzene ring substituents is 1. The molecule has 3 amide bonds. The molecule has 1 atom stereocenters. The van der Waals surface area contributed by atoms with Crippen LogP contribution in [-0.4, -0.2) is 88.7 Å². The molecule has 0 radical (unpaired) electrons. The smallest absolute Gasteiger partial charge is 0.325 e. The number of nitro groups is 1. The maximum Gasteiger partial charge on any atom is 0.325 e. The lowest BCUT2D eigenvalue weighted by molar-refractivity contribution is -0.384. The van der Waals surface area contributed by atoms with E-state index in [0.29, 0.717) is 32.4 Å². The van der Waals surface area contributed by atoms with Crippen molar-refractivity contribution in [2.24, 2.45) is 0 Å². The number of nitrogens with zero attached hydrogens (tertiary/aromatic N) is 4. The van der Waals surface area contributed by atoms with Crippen molar-refractivity contribution in [3.05, 3.63) is 84.7 Å². The van der Waals surface area contributed by atoms with Gasteiger partial charge in [-0.25, -0.2) is 0 Å². The maximum absolute atomic E-state index is 13.8. The molecule has 1 unspecified atom stereocenters. The van der Waals surface area contributed by atoms with Crippen molar-refractivity contribution >= 4 is 52.1 Å². The molecule has 3 heterocycles. The second kappa shape index (κ2) is 15.4. The van der Waals surface area contributed by atoms with Gasteiger partial charge in [-0.1, -0.05) is 24.3 Å². The average molecular weight is 627 g/mol. The molecule has 1 fully saturated rings. The third-order valence-electron chi connectivity index (χ3n) is 7.17. The SMILES string of the molecule is CCOC(=O)CN(CCc1ccc([N+](=O)[O-])cc1)C(=O)CC1C(=O)N(CCc2cccs2)CC(=O)N1CCc1cccs1. The number of carbonyl (C=O) groups excluding carboxylic acids is 4. The van der Waals surface area contributed by atoms with Gasteiger partial charge < -0.3 is 19.4 Å². The van der Waals surface area contributed by atoms with Crippen LogP contribution in [-0.2, 0) is 43.2 Å². The Hall–Kier alpha value is -4.10. The van der Waals surface area contributed by atoms with Gasteiger partial charge in [-0.2, -0.15) is 0 Å². The highest BCUT2D eigenvalue weighted by molar-refractivity contribution is 7.10. The molecule has 1 aliphatic heterocycles. The zero-order chi connectivity index (χ0) is 30.8. The number of amides is 3. The number of non-ortho nitro benzene ring substituents is 1. The number of benzene rings is 1. The third-order valence-corrected chi connectivity index (χ3v) is 9.04. The molecule has 0 spiro atoms. The Morgan fingerprint density at radius 3 is 2.23 bits per heavy atom. The van der Waals surface area contributed by atoms with E-state index in [9.17, 15) is 29.3 Å².